The summed E-state index contributed by atoms with van der Waals surface area (Å²) in [6.07, 6.45) is 5.26. The predicted octanol–water partition coefficient (Wildman–Crippen LogP) is 1.08. The van der Waals surface area contributed by atoms with Crippen molar-refractivity contribution in [3.8, 4) is 0 Å². The number of likely N-dealkylation sites (tertiary alicyclic amines) is 1. The molecule has 0 spiro atoms. The lowest BCUT2D eigenvalue weighted by atomic mass is 10.1. The van der Waals surface area contributed by atoms with Crippen molar-refractivity contribution < 1.29 is 4.74 Å². The second-order valence-corrected chi connectivity index (χ2v) is 5.06. The SMILES string of the molecule is NCC1CCN(CCCOCC2CC2)C1. The molecule has 1 atom stereocenters. The molecule has 88 valence electrons. The largest absolute Gasteiger partial charge is 0.381 e. The maximum absolute atomic E-state index is 5.66. The van der Waals surface area contributed by atoms with Gasteiger partial charge in [-0.1, -0.05) is 0 Å². The molecular weight excluding hydrogens is 188 g/mol. The molecule has 1 heterocycles. The first kappa shape index (κ1) is 11.4. The fourth-order valence-corrected chi connectivity index (χ4v) is 2.23. The lowest BCUT2D eigenvalue weighted by molar-refractivity contribution is 0.114. The molecule has 0 aromatic heterocycles. The van der Waals surface area contributed by atoms with Gasteiger partial charge in [0.05, 0.1) is 0 Å². The minimum atomic E-state index is 0.748. The van der Waals surface area contributed by atoms with Crippen molar-refractivity contribution in [3.63, 3.8) is 0 Å². The molecule has 1 saturated heterocycles. The van der Waals surface area contributed by atoms with Crippen LogP contribution in [0.3, 0.4) is 0 Å². The molecule has 1 saturated carbocycles. The molecule has 15 heavy (non-hydrogen) atoms. The van der Waals surface area contributed by atoms with Crippen LogP contribution in [0.15, 0.2) is 0 Å². The van der Waals surface area contributed by atoms with Crippen molar-refractivity contribution >= 4 is 0 Å². The van der Waals surface area contributed by atoms with Crippen molar-refractivity contribution in [2.45, 2.75) is 25.7 Å². The molecule has 1 aliphatic carbocycles. The third kappa shape index (κ3) is 4.09. The van der Waals surface area contributed by atoms with Crippen LogP contribution < -0.4 is 5.73 Å². The molecule has 2 aliphatic rings. The van der Waals surface area contributed by atoms with Crippen molar-refractivity contribution in [1.82, 2.24) is 4.90 Å². The summed E-state index contributed by atoms with van der Waals surface area (Å²) in [6.45, 7) is 6.45. The Bertz CT molecular complexity index is 182. The number of nitrogens with zero attached hydrogens (tertiary/aromatic N) is 1. The molecular formula is C12H24N2O. The van der Waals surface area contributed by atoms with E-state index in [9.17, 15) is 0 Å². The number of ether oxygens (including phenoxy) is 1. The highest BCUT2D eigenvalue weighted by atomic mass is 16.5. The van der Waals surface area contributed by atoms with Gasteiger partial charge in [0, 0.05) is 26.3 Å². The van der Waals surface area contributed by atoms with E-state index in [1.165, 1.54) is 45.3 Å². The molecule has 0 aromatic rings. The van der Waals surface area contributed by atoms with Crippen LogP contribution in [0.1, 0.15) is 25.7 Å². The first-order valence-electron chi connectivity index (χ1n) is 6.38. The summed E-state index contributed by atoms with van der Waals surface area (Å²) in [4.78, 5) is 2.53. The van der Waals surface area contributed by atoms with Crippen LogP contribution in [0.4, 0.5) is 0 Å². The maximum atomic E-state index is 5.66. The van der Waals surface area contributed by atoms with Crippen molar-refractivity contribution in [2.24, 2.45) is 17.6 Å². The first-order valence-corrected chi connectivity index (χ1v) is 6.38. The van der Waals surface area contributed by atoms with Gasteiger partial charge in [0.15, 0.2) is 0 Å². The van der Waals surface area contributed by atoms with Crippen LogP contribution in [0, 0.1) is 11.8 Å². The number of rotatable bonds is 7. The highest BCUT2D eigenvalue weighted by molar-refractivity contribution is 4.76. The highest BCUT2D eigenvalue weighted by Crippen LogP contribution is 2.28. The number of nitrogens with two attached hydrogens (primary N) is 1. The Hall–Kier alpha value is -0.120. The van der Waals surface area contributed by atoms with Crippen LogP contribution in [-0.4, -0.2) is 44.3 Å². The van der Waals surface area contributed by atoms with E-state index in [-0.39, 0.29) is 0 Å². The van der Waals surface area contributed by atoms with Gasteiger partial charge in [-0.15, -0.1) is 0 Å². The third-order valence-electron chi connectivity index (χ3n) is 3.52. The monoisotopic (exact) mass is 212 g/mol. The summed E-state index contributed by atoms with van der Waals surface area (Å²) in [7, 11) is 0. The normalized spacial score (nSPS) is 27.4. The smallest absolute Gasteiger partial charge is 0.0494 e. The van der Waals surface area contributed by atoms with Gasteiger partial charge in [0.1, 0.15) is 0 Å². The molecule has 3 nitrogen and oxygen atoms in total. The second kappa shape index (κ2) is 5.83. The van der Waals surface area contributed by atoms with Crippen molar-refractivity contribution in [3.05, 3.63) is 0 Å². The van der Waals surface area contributed by atoms with Crippen LogP contribution in [0.2, 0.25) is 0 Å². The maximum Gasteiger partial charge on any atom is 0.0494 e. The molecule has 2 fully saturated rings. The Kier molecular flexibility index (Phi) is 4.42. The molecule has 0 radical (unpaired) electrons. The molecule has 0 bridgehead atoms. The third-order valence-corrected chi connectivity index (χ3v) is 3.52. The van der Waals surface area contributed by atoms with E-state index >= 15 is 0 Å². The lowest BCUT2D eigenvalue weighted by Crippen LogP contribution is -2.25. The van der Waals surface area contributed by atoms with Crippen molar-refractivity contribution in [1.29, 1.82) is 0 Å². The molecule has 0 amide bonds. The standard InChI is InChI=1S/C12H24N2O/c13-8-12-4-6-14(9-12)5-1-7-15-10-11-2-3-11/h11-12H,1-10,13H2. The van der Waals surface area contributed by atoms with Gasteiger partial charge >= 0.3 is 0 Å². The lowest BCUT2D eigenvalue weighted by Gasteiger charge is -2.15. The average molecular weight is 212 g/mol. The molecule has 1 aliphatic heterocycles. The van der Waals surface area contributed by atoms with Crippen LogP contribution in [0.25, 0.3) is 0 Å². The Morgan fingerprint density at radius 2 is 2.07 bits per heavy atom. The molecule has 1 unspecified atom stereocenters. The Balaban J connectivity index is 1.43. The molecule has 2 N–H and O–H groups in total. The summed E-state index contributed by atoms with van der Waals surface area (Å²) in [6, 6.07) is 0. The van der Waals surface area contributed by atoms with E-state index in [0.29, 0.717) is 0 Å². The quantitative estimate of drug-likeness (QED) is 0.642. The van der Waals surface area contributed by atoms with Gasteiger partial charge in [0.25, 0.3) is 0 Å². The van der Waals surface area contributed by atoms with E-state index in [4.69, 9.17) is 10.5 Å². The number of hydrogen-bond donors (Lipinski definition) is 1. The zero-order valence-electron chi connectivity index (χ0n) is 9.66. The zero-order chi connectivity index (χ0) is 10.5. The Morgan fingerprint density at radius 1 is 1.20 bits per heavy atom. The second-order valence-electron chi connectivity index (χ2n) is 5.06. The molecule has 0 aromatic carbocycles. The van der Waals surface area contributed by atoms with Gasteiger partial charge in [-0.25, -0.2) is 0 Å². The minimum absolute atomic E-state index is 0.748. The Labute approximate surface area is 93.0 Å². The first-order chi connectivity index (χ1) is 7.38. The molecule has 3 heteroatoms. The van der Waals surface area contributed by atoms with E-state index in [2.05, 4.69) is 4.90 Å². The van der Waals surface area contributed by atoms with Gasteiger partial charge in [-0.2, -0.15) is 0 Å². The van der Waals surface area contributed by atoms with Gasteiger partial charge < -0.3 is 15.4 Å². The fraction of sp³-hybridized carbons (Fsp3) is 1.00. The van der Waals surface area contributed by atoms with Gasteiger partial charge in [-0.3, -0.25) is 0 Å². The van der Waals surface area contributed by atoms with Crippen LogP contribution in [-0.2, 0) is 4.74 Å². The van der Waals surface area contributed by atoms with Crippen molar-refractivity contribution in [2.75, 3.05) is 39.4 Å². The van der Waals surface area contributed by atoms with Crippen LogP contribution in [0.5, 0.6) is 0 Å². The number of hydrogen-bond acceptors (Lipinski definition) is 3. The zero-order valence-corrected chi connectivity index (χ0v) is 9.66. The fourth-order valence-electron chi connectivity index (χ4n) is 2.23. The van der Waals surface area contributed by atoms with Crippen LogP contribution >= 0.6 is 0 Å². The van der Waals surface area contributed by atoms with E-state index in [0.717, 1.165) is 31.6 Å². The summed E-state index contributed by atoms with van der Waals surface area (Å²) < 4.78 is 5.62. The minimum Gasteiger partial charge on any atom is -0.381 e. The molecule has 2 rings (SSSR count). The average Bonchev–Trinajstić information content (AvgIpc) is 2.96. The van der Waals surface area contributed by atoms with E-state index < -0.39 is 0 Å². The summed E-state index contributed by atoms with van der Waals surface area (Å²) in [5.74, 6) is 1.65. The Morgan fingerprint density at radius 3 is 2.73 bits per heavy atom. The summed E-state index contributed by atoms with van der Waals surface area (Å²) in [5.41, 5.74) is 5.66. The van der Waals surface area contributed by atoms with Gasteiger partial charge in [-0.05, 0) is 50.6 Å². The predicted molar refractivity (Wildman–Crippen MR) is 61.8 cm³/mol. The highest BCUT2D eigenvalue weighted by Gasteiger charge is 2.22. The van der Waals surface area contributed by atoms with Gasteiger partial charge in [0.2, 0.25) is 0 Å². The summed E-state index contributed by atoms with van der Waals surface area (Å²) >= 11 is 0. The summed E-state index contributed by atoms with van der Waals surface area (Å²) in [5, 5.41) is 0. The topological polar surface area (TPSA) is 38.5 Å². The van der Waals surface area contributed by atoms with E-state index in [1.807, 2.05) is 0 Å². The van der Waals surface area contributed by atoms with E-state index in [1.54, 1.807) is 0 Å².